The molecule has 0 atom stereocenters. The minimum atomic E-state index is -0.835. The molecule has 186 valence electrons. The van der Waals surface area contributed by atoms with Crippen molar-refractivity contribution in [1.29, 1.82) is 0 Å². The maximum Gasteiger partial charge on any atom is 0.303 e. The molecule has 0 bridgehead atoms. The second-order valence-electron chi connectivity index (χ2n) is 8.47. The number of thiocarbonyl (C=S) groups is 1. The predicted molar refractivity (Wildman–Crippen MR) is 143 cm³/mol. The van der Waals surface area contributed by atoms with Crippen LogP contribution in [0.15, 0.2) is 52.3 Å². The van der Waals surface area contributed by atoms with Crippen molar-refractivity contribution >= 4 is 51.9 Å². The Hall–Kier alpha value is -3.50. The van der Waals surface area contributed by atoms with E-state index in [2.05, 4.69) is 4.98 Å². The fourth-order valence-corrected chi connectivity index (χ4v) is 5.14. The third-order valence-electron chi connectivity index (χ3n) is 5.69. The highest BCUT2D eigenvalue weighted by atomic mass is 32.2. The zero-order chi connectivity index (χ0) is 25.8. The molecular weight excluding hydrogens is 498 g/mol. The Bertz CT molecular complexity index is 1450. The van der Waals surface area contributed by atoms with E-state index in [0.717, 1.165) is 22.9 Å². The van der Waals surface area contributed by atoms with Gasteiger partial charge in [0.25, 0.3) is 11.5 Å². The van der Waals surface area contributed by atoms with E-state index in [9.17, 15) is 14.4 Å². The monoisotopic (exact) mass is 523 g/mol. The van der Waals surface area contributed by atoms with E-state index in [0.29, 0.717) is 46.4 Å². The van der Waals surface area contributed by atoms with Gasteiger partial charge in [-0.15, -0.1) is 0 Å². The van der Waals surface area contributed by atoms with Crippen molar-refractivity contribution in [3.63, 3.8) is 0 Å². The zero-order valence-electron chi connectivity index (χ0n) is 19.9. The van der Waals surface area contributed by atoms with E-state index in [1.165, 1.54) is 15.4 Å². The number of nitrogens with zero attached hydrogens (tertiary/aromatic N) is 3. The molecule has 1 N–H and O–H groups in total. The minimum Gasteiger partial charge on any atom is -0.481 e. The number of aliphatic carboxylic acids is 1. The Morgan fingerprint density at radius 1 is 1.17 bits per heavy atom. The lowest BCUT2D eigenvalue weighted by Gasteiger charge is -2.14. The van der Waals surface area contributed by atoms with Crippen molar-refractivity contribution in [3.05, 3.63) is 74.5 Å². The molecule has 10 heteroatoms. The number of aryl methyl sites for hydroxylation is 2. The number of aromatic nitrogens is 2. The predicted octanol–water partition coefficient (Wildman–Crippen LogP) is 4.95. The molecular formula is C26H25N3O5S2. The lowest BCUT2D eigenvalue weighted by molar-refractivity contribution is -0.137. The number of fused-ring (bicyclic) bond motifs is 1. The van der Waals surface area contributed by atoms with E-state index >= 15 is 0 Å². The van der Waals surface area contributed by atoms with Gasteiger partial charge in [-0.3, -0.25) is 23.7 Å². The Labute approximate surface area is 217 Å². The van der Waals surface area contributed by atoms with E-state index in [-0.39, 0.29) is 29.3 Å². The average molecular weight is 524 g/mol. The number of thioether (sulfide) groups is 1. The Balaban J connectivity index is 1.66. The standard InChI is InChI=1S/C26H25N3O5S2/c1-16-10-11-19(17(2)14-16)34-23-18(24(32)28-12-7-5-8-21(28)27-23)15-20-25(33)29(26(35)36-20)13-6-3-4-9-22(30)31/h5,7-8,10-12,14-15H,3-4,6,9,13H2,1-2H3,(H,30,31)/b20-15+. The maximum atomic E-state index is 13.4. The van der Waals surface area contributed by atoms with Crippen LogP contribution in [0.2, 0.25) is 0 Å². The summed E-state index contributed by atoms with van der Waals surface area (Å²) in [4.78, 5) is 43.6. The first kappa shape index (κ1) is 25.6. The zero-order valence-corrected chi connectivity index (χ0v) is 21.5. The lowest BCUT2D eigenvalue weighted by atomic mass is 10.1. The van der Waals surface area contributed by atoms with E-state index < -0.39 is 5.97 Å². The van der Waals surface area contributed by atoms with Crippen LogP contribution >= 0.6 is 24.0 Å². The van der Waals surface area contributed by atoms with Crippen LogP contribution in [0.25, 0.3) is 11.7 Å². The number of hydrogen-bond acceptors (Lipinski definition) is 7. The summed E-state index contributed by atoms with van der Waals surface area (Å²) in [6.07, 6.45) is 5.06. The van der Waals surface area contributed by atoms with Crippen LogP contribution in [0.3, 0.4) is 0 Å². The number of carboxylic acids is 1. The number of carbonyl (C=O) groups is 2. The van der Waals surface area contributed by atoms with E-state index in [1.54, 1.807) is 24.4 Å². The summed E-state index contributed by atoms with van der Waals surface area (Å²) < 4.78 is 7.92. The van der Waals surface area contributed by atoms with Gasteiger partial charge in [-0.2, -0.15) is 4.98 Å². The van der Waals surface area contributed by atoms with Crippen LogP contribution in [-0.2, 0) is 9.59 Å². The molecule has 1 fully saturated rings. The second kappa shape index (κ2) is 11.0. The fraction of sp³-hybridized carbons (Fsp3) is 0.269. The maximum absolute atomic E-state index is 13.4. The van der Waals surface area contributed by atoms with Crippen LogP contribution in [0, 0.1) is 13.8 Å². The highest BCUT2D eigenvalue weighted by Gasteiger charge is 2.32. The number of rotatable bonds is 9. The molecule has 8 nitrogen and oxygen atoms in total. The van der Waals surface area contributed by atoms with Crippen LogP contribution in [-0.4, -0.2) is 42.1 Å². The molecule has 0 saturated carbocycles. The fourth-order valence-electron chi connectivity index (χ4n) is 3.85. The first-order valence-corrected chi connectivity index (χ1v) is 12.7. The van der Waals surface area contributed by atoms with Crippen molar-refractivity contribution in [3.8, 4) is 11.6 Å². The summed E-state index contributed by atoms with van der Waals surface area (Å²) in [5.74, 6) is -0.454. The average Bonchev–Trinajstić information content (AvgIpc) is 3.10. The molecule has 1 aromatic carbocycles. The van der Waals surface area contributed by atoms with Crippen LogP contribution < -0.4 is 10.3 Å². The first-order chi connectivity index (χ1) is 17.2. The third kappa shape index (κ3) is 5.66. The van der Waals surface area contributed by atoms with Gasteiger partial charge in [0.15, 0.2) is 0 Å². The number of amides is 1. The summed E-state index contributed by atoms with van der Waals surface area (Å²) in [5, 5.41) is 8.78. The molecule has 1 aliphatic heterocycles. The summed E-state index contributed by atoms with van der Waals surface area (Å²) in [5.41, 5.74) is 2.19. The van der Waals surface area contributed by atoms with Gasteiger partial charge < -0.3 is 9.84 Å². The number of hydrogen-bond donors (Lipinski definition) is 1. The molecule has 1 aliphatic rings. The van der Waals surface area contributed by atoms with Gasteiger partial charge in [0, 0.05) is 19.2 Å². The SMILES string of the molecule is Cc1ccc(Oc2nc3ccccn3c(=O)c2/C=C2/SC(=S)N(CCCCCC(=O)O)C2=O)c(C)c1. The van der Waals surface area contributed by atoms with Gasteiger partial charge in [0.2, 0.25) is 5.88 Å². The molecule has 1 amide bonds. The molecule has 0 spiro atoms. The van der Waals surface area contributed by atoms with Gasteiger partial charge in [-0.05, 0) is 56.5 Å². The lowest BCUT2D eigenvalue weighted by Crippen LogP contribution is -2.29. The number of unbranched alkanes of at least 4 members (excludes halogenated alkanes) is 2. The molecule has 4 rings (SSSR count). The van der Waals surface area contributed by atoms with Gasteiger partial charge in [0.1, 0.15) is 21.3 Å². The van der Waals surface area contributed by atoms with Crippen LogP contribution in [0.1, 0.15) is 42.4 Å². The smallest absolute Gasteiger partial charge is 0.303 e. The van der Waals surface area contributed by atoms with Crippen molar-refractivity contribution in [2.45, 2.75) is 39.5 Å². The highest BCUT2D eigenvalue weighted by molar-refractivity contribution is 8.26. The second-order valence-corrected chi connectivity index (χ2v) is 10.1. The number of benzene rings is 1. The molecule has 0 radical (unpaired) electrons. The Kier molecular flexibility index (Phi) is 7.85. The van der Waals surface area contributed by atoms with Crippen LogP contribution in [0.4, 0.5) is 0 Å². The largest absolute Gasteiger partial charge is 0.481 e. The van der Waals surface area contributed by atoms with Crippen molar-refractivity contribution in [2.75, 3.05) is 6.54 Å². The number of carbonyl (C=O) groups excluding carboxylic acids is 1. The molecule has 3 heterocycles. The van der Waals surface area contributed by atoms with Gasteiger partial charge >= 0.3 is 5.97 Å². The summed E-state index contributed by atoms with van der Waals surface area (Å²) in [7, 11) is 0. The summed E-state index contributed by atoms with van der Waals surface area (Å²) in [6, 6.07) is 10.9. The molecule has 1 saturated heterocycles. The number of pyridine rings is 1. The van der Waals surface area contributed by atoms with Crippen molar-refractivity contribution in [1.82, 2.24) is 14.3 Å². The molecule has 3 aromatic rings. The minimum absolute atomic E-state index is 0.0977. The molecule has 0 aliphatic carbocycles. The Morgan fingerprint density at radius 2 is 1.97 bits per heavy atom. The highest BCUT2D eigenvalue weighted by Crippen LogP contribution is 2.34. The normalized spacial score (nSPS) is 14.7. The van der Waals surface area contributed by atoms with Gasteiger partial charge in [-0.25, -0.2) is 0 Å². The van der Waals surface area contributed by atoms with Crippen LogP contribution in [0.5, 0.6) is 11.6 Å². The van der Waals surface area contributed by atoms with Gasteiger partial charge in [-0.1, -0.05) is 54.2 Å². The molecule has 2 aromatic heterocycles. The van der Waals surface area contributed by atoms with E-state index in [4.69, 9.17) is 22.1 Å². The van der Waals surface area contributed by atoms with E-state index in [1.807, 2.05) is 32.0 Å². The number of carboxylic acid groups (broad SMARTS) is 1. The summed E-state index contributed by atoms with van der Waals surface area (Å²) >= 11 is 6.53. The first-order valence-electron chi connectivity index (χ1n) is 11.5. The van der Waals surface area contributed by atoms with Gasteiger partial charge in [0.05, 0.1) is 4.91 Å². The third-order valence-corrected chi connectivity index (χ3v) is 7.07. The van der Waals surface area contributed by atoms with Crippen molar-refractivity contribution in [2.24, 2.45) is 0 Å². The Morgan fingerprint density at radius 3 is 2.72 bits per heavy atom. The number of ether oxygens (including phenoxy) is 1. The van der Waals surface area contributed by atoms with Crippen molar-refractivity contribution < 1.29 is 19.4 Å². The quantitative estimate of drug-likeness (QED) is 0.239. The molecule has 0 unspecified atom stereocenters. The topological polar surface area (TPSA) is 101 Å². The molecule has 36 heavy (non-hydrogen) atoms. The summed E-state index contributed by atoms with van der Waals surface area (Å²) in [6.45, 7) is 4.29.